The zero-order chi connectivity index (χ0) is 19.2. The lowest BCUT2D eigenvalue weighted by molar-refractivity contribution is -0.136. The number of nitrogens with one attached hydrogen (secondary N) is 2. The van der Waals surface area contributed by atoms with E-state index in [0.29, 0.717) is 11.1 Å². The number of carbonyl (C=O) groups excluding carboxylic acids is 3. The van der Waals surface area contributed by atoms with Crippen molar-refractivity contribution in [2.75, 3.05) is 4.72 Å². The highest BCUT2D eigenvalue weighted by Gasteiger charge is 2.40. The first kappa shape index (κ1) is 17.3. The van der Waals surface area contributed by atoms with Crippen LogP contribution in [0, 0.1) is 0 Å². The summed E-state index contributed by atoms with van der Waals surface area (Å²) in [5.41, 5.74) is 1.04. The van der Waals surface area contributed by atoms with Gasteiger partial charge in [-0.2, -0.15) is 8.42 Å². The molecule has 1 saturated heterocycles. The third-order valence-corrected chi connectivity index (χ3v) is 5.84. The van der Waals surface area contributed by atoms with Crippen molar-refractivity contribution in [2.45, 2.75) is 30.5 Å². The van der Waals surface area contributed by atoms with E-state index in [0.717, 1.165) is 0 Å². The normalized spacial score (nSPS) is 19.8. The summed E-state index contributed by atoms with van der Waals surface area (Å²) in [4.78, 5) is 37.5. The van der Waals surface area contributed by atoms with Crippen LogP contribution in [0.1, 0.15) is 28.8 Å². The van der Waals surface area contributed by atoms with Gasteiger partial charge < -0.3 is 9.32 Å². The standard InChI is InChI=1S/C17H15N3O6S/c21-14-7-6-13(16(22)18-14)20-9-11-10(17(20)23)3-1-4-12(11)19-27(24,25)15-5-2-8-26-15/h1-5,8,13,19H,6-7,9H2,(H,18,21,22). The van der Waals surface area contributed by atoms with Gasteiger partial charge in [0.05, 0.1) is 12.0 Å². The van der Waals surface area contributed by atoms with Crippen LogP contribution in [0.5, 0.6) is 0 Å². The molecule has 1 aromatic carbocycles. The van der Waals surface area contributed by atoms with Gasteiger partial charge in [0.2, 0.25) is 16.9 Å². The molecule has 0 spiro atoms. The van der Waals surface area contributed by atoms with E-state index in [2.05, 4.69) is 10.0 Å². The Hall–Kier alpha value is -3.14. The average Bonchev–Trinajstić information content (AvgIpc) is 3.25. The maximum absolute atomic E-state index is 12.7. The molecule has 2 N–H and O–H groups in total. The fraction of sp³-hybridized carbons (Fsp3) is 0.235. The third kappa shape index (κ3) is 2.97. The van der Waals surface area contributed by atoms with Crippen LogP contribution in [0.15, 0.2) is 46.1 Å². The summed E-state index contributed by atoms with van der Waals surface area (Å²) in [7, 11) is -3.94. The molecule has 0 bridgehead atoms. The molecule has 2 aliphatic rings. The number of fused-ring (bicyclic) bond motifs is 1. The van der Waals surface area contributed by atoms with Crippen molar-refractivity contribution < 1.29 is 27.2 Å². The van der Waals surface area contributed by atoms with Gasteiger partial charge in [0, 0.05) is 24.1 Å². The second kappa shape index (κ2) is 6.23. The summed E-state index contributed by atoms with van der Waals surface area (Å²) in [5.74, 6) is -1.27. The highest BCUT2D eigenvalue weighted by Crippen LogP contribution is 2.33. The highest BCUT2D eigenvalue weighted by molar-refractivity contribution is 7.92. The van der Waals surface area contributed by atoms with Crippen LogP contribution in [0.4, 0.5) is 5.69 Å². The Balaban J connectivity index is 1.63. The van der Waals surface area contributed by atoms with Crippen LogP contribution in [-0.4, -0.2) is 37.1 Å². The van der Waals surface area contributed by atoms with E-state index in [1.165, 1.54) is 23.3 Å². The van der Waals surface area contributed by atoms with E-state index in [1.54, 1.807) is 18.2 Å². The van der Waals surface area contributed by atoms with Gasteiger partial charge in [-0.25, -0.2) is 0 Å². The molecule has 2 aliphatic heterocycles. The maximum atomic E-state index is 12.7. The Morgan fingerprint density at radius 1 is 1.15 bits per heavy atom. The van der Waals surface area contributed by atoms with Crippen molar-refractivity contribution in [3.05, 3.63) is 47.7 Å². The van der Waals surface area contributed by atoms with Gasteiger partial charge in [-0.3, -0.25) is 24.4 Å². The summed E-state index contributed by atoms with van der Waals surface area (Å²) in [6.45, 7) is 0.0668. The van der Waals surface area contributed by atoms with Gasteiger partial charge in [0.1, 0.15) is 6.04 Å². The number of anilines is 1. The number of sulfonamides is 1. The minimum absolute atomic E-state index is 0.0668. The van der Waals surface area contributed by atoms with Crippen molar-refractivity contribution in [3.63, 3.8) is 0 Å². The molecule has 4 rings (SSSR count). The van der Waals surface area contributed by atoms with Crippen LogP contribution >= 0.6 is 0 Å². The second-order valence-corrected chi connectivity index (χ2v) is 7.88. The van der Waals surface area contributed by atoms with E-state index in [9.17, 15) is 22.8 Å². The lowest BCUT2D eigenvalue weighted by Crippen LogP contribution is -2.52. The van der Waals surface area contributed by atoms with E-state index in [1.807, 2.05) is 0 Å². The monoisotopic (exact) mass is 389 g/mol. The van der Waals surface area contributed by atoms with Gasteiger partial charge in [0.15, 0.2) is 0 Å². The molecule has 10 heteroatoms. The van der Waals surface area contributed by atoms with Crippen molar-refractivity contribution in [3.8, 4) is 0 Å². The number of amides is 3. The Labute approximate surface area is 154 Å². The maximum Gasteiger partial charge on any atom is 0.295 e. The third-order valence-electron chi connectivity index (χ3n) is 4.59. The van der Waals surface area contributed by atoms with Gasteiger partial charge in [-0.15, -0.1) is 0 Å². The number of imide groups is 1. The minimum atomic E-state index is -3.94. The topological polar surface area (TPSA) is 126 Å². The van der Waals surface area contributed by atoms with E-state index in [4.69, 9.17) is 4.42 Å². The molecule has 2 aromatic rings. The highest BCUT2D eigenvalue weighted by atomic mass is 32.2. The van der Waals surface area contributed by atoms with Crippen LogP contribution in [0.3, 0.4) is 0 Å². The molecule has 1 unspecified atom stereocenters. The number of carbonyl (C=O) groups is 3. The molecule has 0 radical (unpaired) electrons. The quantitative estimate of drug-likeness (QED) is 0.747. The summed E-state index contributed by atoms with van der Waals surface area (Å²) >= 11 is 0. The molecule has 0 saturated carbocycles. The van der Waals surface area contributed by atoms with Gasteiger partial charge in [-0.1, -0.05) is 6.07 Å². The first-order valence-corrected chi connectivity index (χ1v) is 9.68. The molecule has 1 fully saturated rings. The summed E-state index contributed by atoms with van der Waals surface area (Å²) in [6, 6.07) is 6.68. The fourth-order valence-corrected chi connectivity index (χ4v) is 4.31. The molecule has 0 aliphatic carbocycles. The van der Waals surface area contributed by atoms with Crippen LogP contribution < -0.4 is 10.0 Å². The van der Waals surface area contributed by atoms with Gasteiger partial charge in [-0.05, 0) is 30.7 Å². The number of piperidine rings is 1. The van der Waals surface area contributed by atoms with E-state index in [-0.39, 0.29) is 42.0 Å². The van der Waals surface area contributed by atoms with Crippen LogP contribution in [-0.2, 0) is 26.2 Å². The predicted octanol–water partition coefficient (Wildman–Crippen LogP) is 0.841. The zero-order valence-corrected chi connectivity index (χ0v) is 14.8. The van der Waals surface area contributed by atoms with Gasteiger partial charge in [0.25, 0.3) is 15.9 Å². The number of benzene rings is 1. The summed E-state index contributed by atoms with van der Waals surface area (Å²) < 4.78 is 32.2. The first-order chi connectivity index (χ1) is 12.9. The second-order valence-electron chi connectivity index (χ2n) is 6.27. The predicted molar refractivity (Wildman–Crippen MR) is 92.0 cm³/mol. The van der Waals surface area contributed by atoms with Crippen LogP contribution in [0.2, 0.25) is 0 Å². The smallest absolute Gasteiger partial charge is 0.295 e. The van der Waals surface area contributed by atoms with Crippen molar-refractivity contribution >= 4 is 33.4 Å². The summed E-state index contributed by atoms with van der Waals surface area (Å²) in [5, 5.41) is 1.99. The van der Waals surface area contributed by atoms with Gasteiger partial charge >= 0.3 is 0 Å². The molecular weight excluding hydrogens is 374 g/mol. The lowest BCUT2D eigenvalue weighted by Gasteiger charge is -2.29. The molecule has 3 heterocycles. The van der Waals surface area contributed by atoms with Crippen LogP contribution in [0.25, 0.3) is 0 Å². The largest absolute Gasteiger partial charge is 0.451 e. The number of nitrogens with zero attached hydrogens (tertiary/aromatic N) is 1. The fourth-order valence-electron chi connectivity index (χ4n) is 3.29. The number of hydrogen-bond donors (Lipinski definition) is 2. The molecule has 9 nitrogen and oxygen atoms in total. The Kier molecular flexibility index (Phi) is 3.99. The molecular formula is C17H15N3O6S. The molecule has 3 amide bonds. The first-order valence-electron chi connectivity index (χ1n) is 8.20. The number of hydrogen-bond acceptors (Lipinski definition) is 6. The van der Waals surface area contributed by atoms with Crippen molar-refractivity contribution in [1.29, 1.82) is 0 Å². The van der Waals surface area contributed by atoms with Crippen molar-refractivity contribution in [2.24, 2.45) is 0 Å². The van der Waals surface area contributed by atoms with Crippen molar-refractivity contribution in [1.82, 2.24) is 10.2 Å². The minimum Gasteiger partial charge on any atom is -0.451 e. The molecule has 1 aromatic heterocycles. The summed E-state index contributed by atoms with van der Waals surface area (Å²) in [6.07, 6.45) is 1.63. The number of rotatable bonds is 4. The molecule has 27 heavy (non-hydrogen) atoms. The SMILES string of the molecule is O=C1CCC(N2Cc3c(NS(=O)(=O)c4ccco4)cccc3C2=O)C(=O)N1. The Morgan fingerprint density at radius 3 is 2.67 bits per heavy atom. The molecule has 1 atom stereocenters. The molecule has 140 valence electrons. The van der Waals surface area contributed by atoms with E-state index < -0.39 is 22.0 Å². The zero-order valence-electron chi connectivity index (χ0n) is 14.0. The number of furan rings is 1. The Morgan fingerprint density at radius 2 is 1.96 bits per heavy atom. The Bertz CT molecular complexity index is 1040. The lowest BCUT2D eigenvalue weighted by atomic mass is 10.0. The average molecular weight is 389 g/mol. The van der Waals surface area contributed by atoms with E-state index >= 15 is 0 Å².